The van der Waals surface area contributed by atoms with Crippen molar-refractivity contribution in [2.45, 2.75) is 26.3 Å². The maximum atomic E-state index is 11.7. The molecular weight excluding hydrogens is 284 g/mol. The molecule has 3 N–H and O–H groups in total. The van der Waals surface area contributed by atoms with Gasteiger partial charge in [-0.05, 0) is 24.0 Å². The first-order valence-corrected chi connectivity index (χ1v) is 7.27. The van der Waals surface area contributed by atoms with Crippen LogP contribution in [0.2, 0.25) is 0 Å². The normalized spacial score (nSPS) is 20.5. The summed E-state index contributed by atoms with van der Waals surface area (Å²) < 4.78 is 0. The molecule has 1 unspecified atom stereocenters. The lowest BCUT2D eigenvalue weighted by atomic mass is 9.79. The van der Waals surface area contributed by atoms with Crippen molar-refractivity contribution in [1.82, 2.24) is 5.32 Å². The first-order chi connectivity index (χ1) is 10.3. The molecule has 7 heteroatoms. The highest BCUT2D eigenvalue weighted by molar-refractivity contribution is 5.95. The van der Waals surface area contributed by atoms with Gasteiger partial charge in [0, 0.05) is 37.8 Å². The fourth-order valence-electron chi connectivity index (χ4n) is 2.80. The summed E-state index contributed by atoms with van der Waals surface area (Å²) in [5.74, 6) is -0.337. The Morgan fingerprint density at radius 3 is 2.73 bits per heavy atom. The number of nitrogens with one attached hydrogen (secondary N) is 1. The van der Waals surface area contributed by atoms with Gasteiger partial charge in [0.1, 0.15) is 5.69 Å². The number of nitrogens with zero attached hydrogens (tertiary/aromatic N) is 2. The van der Waals surface area contributed by atoms with E-state index in [1.807, 2.05) is 4.90 Å². The molecule has 1 aliphatic heterocycles. The number of carbonyl (C=O) groups excluding carboxylic acids is 1. The zero-order chi connectivity index (χ0) is 16.5. The molecule has 1 amide bonds. The predicted octanol–water partition coefficient (Wildman–Crippen LogP) is 1.52. The van der Waals surface area contributed by atoms with Gasteiger partial charge in [0.2, 0.25) is 0 Å². The van der Waals surface area contributed by atoms with Gasteiger partial charge in [-0.1, -0.05) is 13.8 Å². The first-order valence-electron chi connectivity index (χ1n) is 7.27. The topological polar surface area (TPSA) is 102 Å². The second-order valence-corrected chi connectivity index (χ2v) is 6.35. The molecule has 1 atom stereocenters. The lowest BCUT2D eigenvalue weighted by molar-refractivity contribution is -0.384. The highest BCUT2D eigenvalue weighted by Crippen LogP contribution is 2.36. The number of hydrogen-bond acceptors (Lipinski definition) is 5. The van der Waals surface area contributed by atoms with Crippen LogP contribution in [0.25, 0.3) is 0 Å². The number of rotatable bonds is 3. The van der Waals surface area contributed by atoms with Crippen molar-refractivity contribution in [3.8, 4) is 0 Å². The number of amides is 1. The predicted molar refractivity (Wildman–Crippen MR) is 85.1 cm³/mol. The molecule has 1 fully saturated rings. The van der Waals surface area contributed by atoms with Gasteiger partial charge < -0.3 is 16.0 Å². The Hall–Kier alpha value is -2.15. The van der Waals surface area contributed by atoms with Crippen molar-refractivity contribution in [2.24, 2.45) is 11.1 Å². The number of nitro benzene ring substituents is 1. The largest absolute Gasteiger partial charge is 0.365 e. The summed E-state index contributed by atoms with van der Waals surface area (Å²) in [4.78, 5) is 24.6. The molecule has 120 valence electrons. The minimum atomic E-state index is -0.441. The maximum absolute atomic E-state index is 11.7. The zero-order valence-corrected chi connectivity index (χ0v) is 13.1. The SMILES string of the molecule is CNC(=O)c1ccc(N2CCC(N)C(C)(C)C2)c([N+](=O)[O-])c1. The molecular formula is C15H22N4O3. The molecule has 1 saturated heterocycles. The van der Waals surface area contributed by atoms with Crippen molar-refractivity contribution in [2.75, 3.05) is 25.0 Å². The van der Waals surface area contributed by atoms with Gasteiger partial charge in [-0.25, -0.2) is 0 Å². The van der Waals surface area contributed by atoms with Gasteiger partial charge in [-0.3, -0.25) is 14.9 Å². The number of nitro groups is 1. The summed E-state index contributed by atoms with van der Waals surface area (Å²) in [5.41, 5.74) is 6.77. The van der Waals surface area contributed by atoms with E-state index < -0.39 is 4.92 Å². The third-order valence-electron chi connectivity index (χ3n) is 4.31. The van der Waals surface area contributed by atoms with Gasteiger partial charge in [0.15, 0.2) is 0 Å². The standard InChI is InChI=1S/C15H22N4O3/c1-15(2)9-18(7-6-13(15)16)11-5-4-10(14(20)17-3)8-12(11)19(21)22/h4-5,8,13H,6-7,9,16H2,1-3H3,(H,17,20). The molecule has 0 aliphatic carbocycles. The third-order valence-corrected chi connectivity index (χ3v) is 4.31. The molecule has 1 aliphatic rings. The lowest BCUT2D eigenvalue weighted by Crippen LogP contribution is -2.52. The molecule has 2 rings (SSSR count). The molecule has 1 heterocycles. The minimum absolute atomic E-state index is 0.0487. The Kier molecular flexibility index (Phi) is 4.37. The van der Waals surface area contributed by atoms with E-state index in [2.05, 4.69) is 19.2 Å². The second-order valence-electron chi connectivity index (χ2n) is 6.35. The molecule has 1 aromatic carbocycles. The fraction of sp³-hybridized carbons (Fsp3) is 0.533. The Bertz CT molecular complexity index is 600. The van der Waals surface area contributed by atoms with E-state index in [-0.39, 0.29) is 28.6 Å². The van der Waals surface area contributed by atoms with Gasteiger partial charge in [0.25, 0.3) is 11.6 Å². The van der Waals surface area contributed by atoms with Crippen molar-refractivity contribution in [3.63, 3.8) is 0 Å². The van der Waals surface area contributed by atoms with Crippen LogP contribution < -0.4 is 16.0 Å². The Balaban J connectivity index is 2.39. The van der Waals surface area contributed by atoms with Crippen LogP contribution in [0.5, 0.6) is 0 Å². The van der Waals surface area contributed by atoms with E-state index in [4.69, 9.17) is 5.73 Å². The van der Waals surface area contributed by atoms with E-state index in [1.54, 1.807) is 12.1 Å². The van der Waals surface area contributed by atoms with Crippen molar-refractivity contribution >= 4 is 17.3 Å². The van der Waals surface area contributed by atoms with E-state index in [0.717, 1.165) is 6.42 Å². The van der Waals surface area contributed by atoms with Crippen LogP contribution in [0.15, 0.2) is 18.2 Å². The van der Waals surface area contributed by atoms with Crippen LogP contribution in [0.1, 0.15) is 30.6 Å². The molecule has 7 nitrogen and oxygen atoms in total. The number of carbonyl (C=O) groups is 1. The van der Waals surface area contributed by atoms with Crippen LogP contribution in [0.4, 0.5) is 11.4 Å². The average molecular weight is 306 g/mol. The monoisotopic (exact) mass is 306 g/mol. The summed E-state index contributed by atoms with van der Waals surface area (Å²) in [7, 11) is 1.50. The van der Waals surface area contributed by atoms with Gasteiger partial charge in [-0.2, -0.15) is 0 Å². The quantitative estimate of drug-likeness (QED) is 0.651. The molecule has 0 bridgehead atoms. The summed E-state index contributed by atoms with van der Waals surface area (Å²) >= 11 is 0. The number of benzene rings is 1. The zero-order valence-electron chi connectivity index (χ0n) is 13.1. The van der Waals surface area contributed by atoms with Crippen LogP contribution in [-0.2, 0) is 0 Å². The van der Waals surface area contributed by atoms with Crippen molar-refractivity contribution < 1.29 is 9.72 Å². The Morgan fingerprint density at radius 1 is 1.50 bits per heavy atom. The fourth-order valence-corrected chi connectivity index (χ4v) is 2.80. The third kappa shape index (κ3) is 3.04. The van der Waals surface area contributed by atoms with Crippen LogP contribution in [0.3, 0.4) is 0 Å². The maximum Gasteiger partial charge on any atom is 0.293 e. The average Bonchev–Trinajstić information content (AvgIpc) is 2.48. The molecule has 0 saturated carbocycles. The highest BCUT2D eigenvalue weighted by Gasteiger charge is 2.35. The van der Waals surface area contributed by atoms with Crippen molar-refractivity contribution in [3.05, 3.63) is 33.9 Å². The van der Waals surface area contributed by atoms with Crippen LogP contribution in [-0.4, -0.2) is 37.0 Å². The smallest absolute Gasteiger partial charge is 0.293 e. The van der Waals surface area contributed by atoms with E-state index in [9.17, 15) is 14.9 Å². The van der Waals surface area contributed by atoms with Crippen LogP contribution >= 0.6 is 0 Å². The Labute approximate surface area is 129 Å². The summed E-state index contributed by atoms with van der Waals surface area (Å²) in [6.45, 7) is 5.45. The summed E-state index contributed by atoms with van der Waals surface area (Å²) in [6, 6.07) is 4.67. The number of nitrogens with two attached hydrogens (primary N) is 1. The molecule has 0 aromatic heterocycles. The van der Waals surface area contributed by atoms with Gasteiger partial charge in [0.05, 0.1) is 4.92 Å². The van der Waals surface area contributed by atoms with Crippen LogP contribution in [0, 0.1) is 15.5 Å². The first kappa shape index (κ1) is 16.2. The van der Waals surface area contributed by atoms with E-state index in [0.29, 0.717) is 18.8 Å². The molecule has 0 spiro atoms. The number of anilines is 1. The summed E-state index contributed by atoms with van der Waals surface area (Å²) in [5, 5.41) is 13.8. The van der Waals surface area contributed by atoms with Gasteiger partial charge >= 0.3 is 0 Å². The highest BCUT2D eigenvalue weighted by atomic mass is 16.6. The Morgan fingerprint density at radius 2 is 2.18 bits per heavy atom. The molecule has 22 heavy (non-hydrogen) atoms. The van der Waals surface area contributed by atoms with Gasteiger partial charge in [-0.15, -0.1) is 0 Å². The molecule has 0 radical (unpaired) electrons. The second kappa shape index (κ2) is 5.92. The minimum Gasteiger partial charge on any atom is -0.365 e. The number of piperidine rings is 1. The summed E-state index contributed by atoms with van der Waals surface area (Å²) in [6.07, 6.45) is 0.779. The van der Waals surface area contributed by atoms with Crippen molar-refractivity contribution in [1.29, 1.82) is 0 Å². The lowest BCUT2D eigenvalue weighted by Gasteiger charge is -2.43. The molecule has 1 aromatic rings. The van der Waals surface area contributed by atoms with E-state index in [1.165, 1.54) is 13.1 Å². The van der Waals surface area contributed by atoms with E-state index >= 15 is 0 Å². The number of hydrogen-bond donors (Lipinski definition) is 2.